The van der Waals surface area contributed by atoms with Crippen LogP contribution in [0.1, 0.15) is 17.2 Å². The lowest BCUT2D eigenvalue weighted by Gasteiger charge is -2.29. The summed E-state index contributed by atoms with van der Waals surface area (Å²) in [7, 11) is 1.81. The van der Waals surface area contributed by atoms with Crippen molar-refractivity contribution in [2.45, 2.75) is 5.92 Å². The van der Waals surface area contributed by atoms with Crippen LogP contribution in [0.5, 0.6) is 0 Å². The van der Waals surface area contributed by atoms with Crippen molar-refractivity contribution in [3.8, 4) is 11.1 Å². The largest absolute Gasteiger partial charge is 0.369 e. The third kappa shape index (κ3) is 3.64. The number of anilines is 1. The molecule has 7 heteroatoms. The summed E-state index contributed by atoms with van der Waals surface area (Å²) in [6.07, 6.45) is 7.48. The summed E-state index contributed by atoms with van der Waals surface area (Å²) in [5.74, 6) is -0.303. The number of hydrogen-bond donors (Lipinski definition) is 2. The number of benzene rings is 1. The van der Waals surface area contributed by atoms with Gasteiger partial charge in [-0.25, -0.2) is 4.98 Å². The number of nitrogens with one attached hydrogen (secondary N) is 2. The number of carbonyl (C=O) groups is 1. The molecule has 0 saturated carbocycles. The molecule has 2 aliphatic rings. The molecule has 1 saturated heterocycles. The minimum Gasteiger partial charge on any atom is -0.369 e. The molecule has 34 heavy (non-hydrogen) atoms. The summed E-state index contributed by atoms with van der Waals surface area (Å²) in [5, 5.41) is 4.45. The van der Waals surface area contributed by atoms with Gasteiger partial charge in [0.25, 0.3) is 0 Å². The van der Waals surface area contributed by atoms with E-state index >= 15 is 0 Å². The number of carbonyl (C=O) groups excluding carboxylic acids is 1. The fourth-order valence-corrected chi connectivity index (χ4v) is 4.89. The quantitative estimate of drug-likeness (QED) is 0.497. The van der Waals surface area contributed by atoms with Gasteiger partial charge in [-0.1, -0.05) is 12.1 Å². The van der Waals surface area contributed by atoms with E-state index in [2.05, 4.69) is 61.6 Å². The Hall–Kier alpha value is -3.97. The maximum atomic E-state index is 13.2. The highest BCUT2D eigenvalue weighted by atomic mass is 16.2. The average molecular weight is 451 g/mol. The lowest BCUT2D eigenvalue weighted by molar-refractivity contribution is -0.126. The van der Waals surface area contributed by atoms with E-state index in [1.807, 2.05) is 37.8 Å². The monoisotopic (exact) mass is 450 g/mol. The van der Waals surface area contributed by atoms with Gasteiger partial charge in [0.1, 0.15) is 5.65 Å². The minimum atomic E-state index is -0.366. The Morgan fingerprint density at radius 2 is 1.79 bits per heavy atom. The maximum Gasteiger partial charge on any atom is 0.238 e. The molecule has 6 rings (SSSR count). The van der Waals surface area contributed by atoms with Crippen LogP contribution in [-0.2, 0) is 4.79 Å². The molecule has 0 aliphatic carbocycles. The van der Waals surface area contributed by atoms with Gasteiger partial charge >= 0.3 is 0 Å². The lowest BCUT2D eigenvalue weighted by Crippen LogP contribution is -2.43. The zero-order valence-electron chi connectivity index (χ0n) is 19.0. The van der Waals surface area contributed by atoms with Gasteiger partial charge in [0.2, 0.25) is 5.91 Å². The second-order valence-corrected chi connectivity index (χ2v) is 8.86. The van der Waals surface area contributed by atoms with Crippen LogP contribution in [0, 0.1) is 0 Å². The first-order chi connectivity index (χ1) is 16.7. The molecule has 1 amide bonds. The average Bonchev–Trinajstić information content (AvgIpc) is 3.48. The zero-order chi connectivity index (χ0) is 23.1. The van der Waals surface area contributed by atoms with E-state index in [9.17, 15) is 4.79 Å². The first-order valence-electron chi connectivity index (χ1n) is 11.6. The van der Waals surface area contributed by atoms with Crippen molar-refractivity contribution < 1.29 is 4.79 Å². The predicted octanol–water partition coefficient (Wildman–Crippen LogP) is 3.63. The van der Waals surface area contributed by atoms with Crippen LogP contribution in [0.25, 0.3) is 27.7 Å². The molecule has 7 nitrogen and oxygen atoms in total. The summed E-state index contributed by atoms with van der Waals surface area (Å²) >= 11 is 0. The van der Waals surface area contributed by atoms with Crippen molar-refractivity contribution in [1.29, 1.82) is 0 Å². The number of likely N-dealkylation sites (N-methyl/N-ethyl adjacent to an activating group) is 1. The standard InChI is InChI=1S/C27H26N6O/c1-32-17-23(24-15-19(6-8-29-24)21-14-20-7-9-30-26(20)31-16-21)25(27(32)34)18-2-4-22(5-3-18)33-12-10-28-11-13-33/h2-9,14-17,25,28H,10-13H2,1H3,(H,30,31)/t25-/m1/s1. The Morgan fingerprint density at radius 3 is 2.62 bits per heavy atom. The fraction of sp³-hybridized carbons (Fsp3) is 0.222. The fourth-order valence-electron chi connectivity index (χ4n) is 4.89. The van der Waals surface area contributed by atoms with Gasteiger partial charge in [0, 0.05) is 80.2 Å². The van der Waals surface area contributed by atoms with Gasteiger partial charge in [-0.15, -0.1) is 0 Å². The molecule has 170 valence electrons. The molecule has 0 unspecified atom stereocenters. The summed E-state index contributed by atoms with van der Waals surface area (Å²) in [4.78, 5) is 29.5. The highest BCUT2D eigenvalue weighted by molar-refractivity contribution is 6.02. The van der Waals surface area contributed by atoms with Crippen LogP contribution in [0.2, 0.25) is 0 Å². The van der Waals surface area contributed by atoms with Crippen molar-refractivity contribution in [2.75, 3.05) is 38.1 Å². The number of fused-ring (bicyclic) bond motifs is 1. The Morgan fingerprint density at radius 1 is 0.971 bits per heavy atom. The second kappa shape index (κ2) is 8.43. The third-order valence-corrected chi connectivity index (χ3v) is 6.74. The van der Waals surface area contributed by atoms with Gasteiger partial charge in [-0.05, 0) is 47.5 Å². The first-order valence-corrected chi connectivity index (χ1v) is 11.6. The second-order valence-electron chi connectivity index (χ2n) is 8.86. The third-order valence-electron chi connectivity index (χ3n) is 6.74. The topological polar surface area (TPSA) is 77.2 Å². The van der Waals surface area contributed by atoms with Crippen LogP contribution in [0.15, 0.2) is 73.3 Å². The number of amides is 1. The molecule has 0 radical (unpaired) electrons. The first kappa shape index (κ1) is 20.6. The van der Waals surface area contributed by atoms with Gasteiger partial charge in [0.05, 0.1) is 11.6 Å². The number of rotatable bonds is 4. The van der Waals surface area contributed by atoms with E-state index in [0.717, 1.165) is 65.2 Å². The van der Waals surface area contributed by atoms with E-state index in [-0.39, 0.29) is 11.8 Å². The van der Waals surface area contributed by atoms with Gasteiger partial charge < -0.3 is 20.1 Å². The molecule has 4 aromatic rings. The zero-order valence-corrected chi connectivity index (χ0v) is 19.0. The number of nitrogens with zero attached hydrogens (tertiary/aromatic N) is 4. The minimum absolute atomic E-state index is 0.0625. The number of H-pyrrole nitrogens is 1. The molecule has 5 heterocycles. The van der Waals surface area contributed by atoms with Crippen molar-refractivity contribution >= 4 is 28.2 Å². The van der Waals surface area contributed by atoms with E-state index in [4.69, 9.17) is 0 Å². The molecule has 1 atom stereocenters. The lowest BCUT2D eigenvalue weighted by atomic mass is 9.89. The molecule has 1 aromatic carbocycles. The van der Waals surface area contributed by atoms with Gasteiger partial charge in [0.15, 0.2) is 0 Å². The summed E-state index contributed by atoms with van der Waals surface area (Å²) in [6, 6.07) is 16.6. The number of hydrogen-bond acceptors (Lipinski definition) is 5. The van der Waals surface area contributed by atoms with Gasteiger partial charge in [-0.3, -0.25) is 9.78 Å². The van der Waals surface area contributed by atoms with E-state index in [0.29, 0.717) is 0 Å². The Labute approximate surface area is 198 Å². The molecule has 2 N–H and O–H groups in total. The van der Waals surface area contributed by atoms with Crippen LogP contribution >= 0.6 is 0 Å². The molecular weight excluding hydrogens is 424 g/mol. The van der Waals surface area contributed by atoms with Crippen molar-refractivity contribution in [2.24, 2.45) is 0 Å². The predicted molar refractivity (Wildman–Crippen MR) is 134 cm³/mol. The van der Waals surface area contributed by atoms with E-state index in [1.165, 1.54) is 5.69 Å². The highest BCUT2D eigenvalue weighted by Crippen LogP contribution is 2.39. The molecule has 2 aliphatic heterocycles. The number of piperazine rings is 1. The highest BCUT2D eigenvalue weighted by Gasteiger charge is 2.34. The normalized spacial score (nSPS) is 18.6. The Kier molecular flexibility index (Phi) is 5.11. The van der Waals surface area contributed by atoms with Crippen LogP contribution in [-0.4, -0.2) is 59.0 Å². The summed E-state index contributed by atoms with van der Waals surface area (Å²) in [5.41, 5.74) is 6.82. The SMILES string of the molecule is CN1C=C(c2cc(-c3cnc4[nH]ccc4c3)ccn2)[C@@H](c2ccc(N3CCNCC3)cc2)C1=O. The van der Waals surface area contributed by atoms with Crippen LogP contribution in [0.4, 0.5) is 5.69 Å². The van der Waals surface area contributed by atoms with Crippen molar-refractivity contribution in [3.63, 3.8) is 0 Å². The summed E-state index contributed by atoms with van der Waals surface area (Å²) < 4.78 is 0. The number of aromatic nitrogens is 3. The van der Waals surface area contributed by atoms with E-state index < -0.39 is 0 Å². The number of pyridine rings is 2. The Bertz CT molecular complexity index is 1380. The van der Waals surface area contributed by atoms with E-state index in [1.54, 1.807) is 11.1 Å². The molecule has 0 spiro atoms. The smallest absolute Gasteiger partial charge is 0.238 e. The van der Waals surface area contributed by atoms with Crippen LogP contribution in [0.3, 0.4) is 0 Å². The van der Waals surface area contributed by atoms with Crippen molar-refractivity contribution in [3.05, 3.63) is 84.6 Å². The summed E-state index contributed by atoms with van der Waals surface area (Å²) in [6.45, 7) is 3.98. The molecular formula is C27H26N6O. The molecule has 0 bridgehead atoms. The van der Waals surface area contributed by atoms with Gasteiger partial charge in [-0.2, -0.15) is 0 Å². The molecule has 1 fully saturated rings. The van der Waals surface area contributed by atoms with Crippen molar-refractivity contribution in [1.82, 2.24) is 25.2 Å². The van der Waals surface area contributed by atoms with Crippen LogP contribution < -0.4 is 10.2 Å². The molecule has 3 aromatic heterocycles. The number of aromatic amines is 1. The Balaban J connectivity index is 1.33. The maximum absolute atomic E-state index is 13.2.